The molecule has 3 nitrogen and oxygen atoms in total. The summed E-state index contributed by atoms with van der Waals surface area (Å²) in [5, 5.41) is 0. The maximum Gasteiger partial charge on any atom is 0.195 e. The Hall–Kier alpha value is -2.04. The average Bonchev–Trinajstić information content (AvgIpc) is 2.55. The fraction of sp³-hybridized carbons (Fsp3) is 0.278. The van der Waals surface area contributed by atoms with Crippen molar-refractivity contribution in [3.8, 4) is 0 Å². The van der Waals surface area contributed by atoms with Gasteiger partial charge < -0.3 is 9.47 Å². The second kappa shape index (κ2) is 7.82. The van der Waals surface area contributed by atoms with Crippen LogP contribution in [0.5, 0.6) is 0 Å². The van der Waals surface area contributed by atoms with E-state index in [9.17, 15) is 9.18 Å². The van der Waals surface area contributed by atoms with E-state index in [4.69, 9.17) is 9.47 Å². The smallest absolute Gasteiger partial charge is 0.195 e. The van der Waals surface area contributed by atoms with Crippen molar-refractivity contribution < 1.29 is 18.7 Å². The number of halogens is 1. The molecule has 0 saturated carbocycles. The minimum absolute atomic E-state index is 0.0708. The van der Waals surface area contributed by atoms with Crippen molar-refractivity contribution >= 4 is 5.78 Å². The lowest BCUT2D eigenvalue weighted by Gasteiger charge is -2.17. The van der Waals surface area contributed by atoms with Gasteiger partial charge in [-0.25, -0.2) is 4.39 Å². The Bertz CT molecular complexity index is 616. The third-order valence-corrected chi connectivity index (χ3v) is 3.20. The fourth-order valence-electron chi connectivity index (χ4n) is 2.14. The highest BCUT2D eigenvalue weighted by molar-refractivity contribution is 6.09. The third kappa shape index (κ3) is 3.78. The Kier molecular flexibility index (Phi) is 5.81. The number of carbonyl (C=O) groups excluding carboxylic acids is 1. The van der Waals surface area contributed by atoms with E-state index >= 15 is 0 Å². The first-order chi connectivity index (χ1) is 10.7. The molecule has 0 saturated heterocycles. The normalized spacial score (nSPS) is 10.9. The summed E-state index contributed by atoms with van der Waals surface area (Å²) in [5.74, 6) is -0.855. The molecule has 0 amide bonds. The van der Waals surface area contributed by atoms with Gasteiger partial charge in [0.15, 0.2) is 12.1 Å². The molecule has 0 aliphatic rings. The highest BCUT2D eigenvalue weighted by Crippen LogP contribution is 2.21. The lowest BCUT2D eigenvalue weighted by molar-refractivity contribution is -0.140. The summed E-state index contributed by atoms with van der Waals surface area (Å²) in [5.41, 5.74) is 1.33. The van der Waals surface area contributed by atoms with Crippen molar-refractivity contribution in [3.63, 3.8) is 0 Å². The van der Waals surface area contributed by atoms with Gasteiger partial charge in [-0.1, -0.05) is 36.4 Å². The summed E-state index contributed by atoms with van der Waals surface area (Å²) in [6, 6.07) is 12.8. The maximum absolute atomic E-state index is 13.7. The van der Waals surface area contributed by atoms with Gasteiger partial charge in [-0.05, 0) is 26.0 Å². The van der Waals surface area contributed by atoms with E-state index in [0.29, 0.717) is 18.8 Å². The number of hydrogen-bond donors (Lipinski definition) is 0. The van der Waals surface area contributed by atoms with Crippen LogP contribution in [0.3, 0.4) is 0 Å². The van der Waals surface area contributed by atoms with Gasteiger partial charge >= 0.3 is 0 Å². The second-order valence-electron chi connectivity index (χ2n) is 4.67. The van der Waals surface area contributed by atoms with Crippen LogP contribution in [-0.4, -0.2) is 19.0 Å². The zero-order valence-electron chi connectivity index (χ0n) is 12.7. The topological polar surface area (TPSA) is 35.5 Å². The predicted octanol–water partition coefficient (Wildman–Crippen LogP) is 4.13. The van der Waals surface area contributed by atoms with E-state index in [-0.39, 0.29) is 11.3 Å². The summed E-state index contributed by atoms with van der Waals surface area (Å²) in [6.07, 6.45) is -0.451. The number of rotatable bonds is 7. The molecule has 0 atom stereocenters. The highest BCUT2D eigenvalue weighted by atomic mass is 19.1. The molecule has 2 aromatic carbocycles. The van der Waals surface area contributed by atoms with Gasteiger partial charge in [-0.3, -0.25) is 4.79 Å². The molecule has 0 fully saturated rings. The summed E-state index contributed by atoms with van der Waals surface area (Å²) >= 11 is 0. The van der Waals surface area contributed by atoms with E-state index in [1.165, 1.54) is 12.1 Å². The first-order valence-corrected chi connectivity index (χ1v) is 7.29. The Morgan fingerprint density at radius 2 is 1.59 bits per heavy atom. The van der Waals surface area contributed by atoms with Gasteiger partial charge in [0.05, 0.1) is 5.56 Å². The quantitative estimate of drug-likeness (QED) is 0.570. The van der Waals surface area contributed by atoms with Crippen molar-refractivity contribution in [3.05, 3.63) is 71.0 Å². The van der Waals surface area contributed by atoms with Crippen LogP contribution in [0.15, 0.2) is 48.5 Å². The molecular weight excluding hydrogens is 283 g/mol. The van der Waals surface area contributed by atoms with Crippen LogP contribution in [0.25, 0.3) is 0 Å². The minimum Gasteiger partial charge on any atom is -0.349 e. The van der Waals surface area contributed by atoms with Crippen LogP contribution in [0, 0.1) is 5.82 Å². The van der Waals surface area contributed by atoms with Crippen molar-refractivity contribution in [2.75, 3.05) is 13.2 Å². The van der Waals surface area contributed by atoms with E-state index in [1.807, 2.05) is 13.8 Å². The molecule has 2 rings (SSSR count). The molecule has 0 radical (unpaired) electrons. The zero-order valence-corrected chi connectivity index (χ0v) is 12.7. The van der Waals surface area contributed by atoms with Crippen LogP contribution in [0.4, 0.5) is 4.39 Å². The third-order valence-electron chi connectivity index (χ3n) is 3.20. The standard InChI is InChI=1S/C18H19FO3/c1-3-21-18(22-4-2)14-11-9-13(10-12-14)17(20)15-7-5-6-8-16(15)19/h5-12,18H,3-4H2,1-2H3. The van der Waals surface area contributed by atoms with Gasteiger partial charge in [0, 0.05) is 24.3 Å². The Morgan fingerprint density at radius 1 is 1.00 bits per heavy atom. The Morgan fingerprint density at radius 3 is 2.14 bits per heavy atom. The summed E-state index contributed by atoms with van der Waals surface area (Å²) < 4.78 is 24.7. The lowest BCUT2D eigenvalue weighted by Crippen LogP contribution is -2.09. The monoisotopic (exact) mass is 302 g/mol. The van der Waals surface area contributed by atoms with Crippen LogP contribution in [0.1, 0.15) is 41.6 Å². The number of carbonyl (C=O) groups is 1. The lowest BCUT2D eigenvalue weighted by atomic mass is 10.0. The van der Waals surface area contributed by atoms with Gasteiger partial charge in [0.1, 0.15) is 5.82 Å². The molecule has 0 heterocycles. The van der Waals surface area contributed by atoms with Crippen molar-refractivity contribution in [2.45, 2.75) is 20.1 Å². The van der Waals surface area contributed by atoms with Crippen molar-refractivity contribution in [1.29, 1.82) is 0 Å². The summed E-state index contributed by atoms with van der Waals surface area (Å²) in [6.45, 7) is 4.84. The number of hydrogen-bond acceptors (Lipinski definition) is 3. The highest BCUT2D eigenvalue weighted by Gasteiger charge is 2.15. The predicted molar refractivity (Wildman–Crippen MR) is 82.3 cm³/mol. The molecule has 0 aliphatic carbocycles. The molecule has 0 bridgehead atoms. The SMILES string of the molecule is CCOC(OCC)c1ccc(C(=O)c2ccccc2F)cc1. The minimum atomic E-state index is -0.516. The molecule has 2 aromatic rings. The van der Waals surface area contributed by atoms with Gasteiger partial charge in [-0.15, -0.1) is 0 Å². The maximum atomic E-state index is 13.7. The van der Waals surface area contributed by atoms with Crippen LogP contribution >= 0.6 is 0 Å². The first-order valence-electron chi connectivity index (χ1n) is 7.29. The van der Waals surface area contributed by atoms with Crippen molar-refractivity contribution in [1.82, 2.24) is 0 Å². The molecule has 0 N–H and O–H groups in total. The van der Waals surface area contributed by atoms with Crippen LogP contribution in [-0.2, 0) is 9.47 Å². The fourth-order valence-corrected chi connectivity index (χ4v) is 2.14. The average molecular weight is 302 g/mol. The summed E-state index contributed by atoms with van der Waals surface area (Å²) in [7, 11) is 0. The molecule has 0 unspecified atom stereocenters. The zero-order chi connectivity index (χ0) is 15.9. The van der Waals surface area contributed by atoms with E-state index in [1.54, 1.807) is 36.4 Å². The number of benzene rings is 2. The molecule has 0 spiro atoms. The van der Waals surface area contributed by atoms with E-state index in [0.717, 1.165) is 5.56 Å². The summed E-state index contributed by atoms with van der Waals surface area (Å²) in [4.78, 5) is 12.3. The van der Waals surface area contributed by atoms with Crippen LogP contribution < -0.4 is 0 Å². The van der Waals surface area contributed by atoms with Gasteiger partial charge in [0.2, 0.25) is 0 Å². The van der Waals surface area contributed by atoms with E-state index in [2.05, 4.69) is 0 Å². The van der Waals surface area contributed by atoms with Gasteiger partial charge in [-0.2, -0.15) is 0 Å². The van der Waals surface area contributed by atoms with E-state index < -0.39 is 12.1 Å². The molecule has 0 aromatic heterocycles. The number of ether oxygens (including phenoxy) is 2. The Balaban J connectivity index is 2.21. The molecule has 22 heavy (non-hydrogen) atoms. The van der Waals surface area contributed by atoms with Crippen LogP contribution in [0.2, 0.25) is 0 Å². The molecule has 4 heteroatoms. The van der Waals surface area contributed by atoms with Gasteiger partial charge in [0.25, 0.3) is 0 Å². The Labute approximate surface area is 129 Å². The molecule has 116 valence electrons. The first kappa shape index (κ1) is 16.3. The largest absolute Gasteiger partial charge is 0.349 e. The molecular formula is C18H19FO3. The molecule has 0 aliphatic heterocycles. The van der Waals surface area contributed by atoms with Crippen molar-refractivity contribution in [2.24, 2.45) is 0 Å². The second-order valence-corrected chi connectivity index (χ2v) is 4.67. The number of ketones is 1.